The van der Waals surface area contributed by atoms with Crippen molar-refractivity contribution in [2.75, 3.05) is 23.8 Å². The van der Waals surface area contributed by atoms with E-state index in [1.807, 2.05) is 0 Å². The van der Waals surface area contributed by atoms with Gasteiger partial charge in [-0.25, -0.2) is 0 Å². The molecule has 0 saturated carbocycles. The van der Waals surface area contributed by atoms with E-state index in [-0.39, 0.29) is 42.7 Å². The summed E-state index contributed by atoms with van der Waals surface area (Å²) in [7, 11) is 0. The van der Waals surface area contributed by atoms with Crippen molar-refractivity contribution in [3.05, 3.63) is 79.7 Å². The number of hydrogen-bond donors (Lipinski definition) is 2. The van der Waals surface area contributed by atoms with Gasteiger partial charge >= 0.3 is 0 Å². The van der Waals surface area contributed by atoms with Gasteiger partial charge < -0.3 is 20.1 Å². The van der Waals surface area contributed by atoms with Gasteiger partial charge in [0, 0.05) is 10.0 Å². The molecule has 3 aromatic carbocycles. The van der Waals surface area contributed by atoms with Crippen LogP contribution < -0.4 is 20.1 Å². The molecule has 0 radical (unpaired) electrons. The van der Waals surface area contributed by atoms with Crippen LogP contribution in [-0.2, 0) is 0 Å². The minimum atomic E-state index is -0.518. The zero-order valence-corrected chi connectivity index (χ0v) is 21.2. The molecule has 0 unspecified atom stereocenters. The molecule has 34 heavy (non-hydrogen) atoms. The zero-order chi connectivity index (χ0) is 24.8. The number of carbonyl (C=O) groups excluding carboxylic acids is 2. The Labute approximate surface area is 217 Å². The number of carbonyl (C=O) groups is 2. The van der Waals surface area contributed by atoms with Crippen LogP contribution >= 0.6 is 46.4 Å². The molecule has 10 heteroatoms. The van der Waals surface area contributed by atoms with E-state index in [0.717, 1.165) is 0 Å². The molecule has 0 aliphatic carbocycles. The first-order chi connectivity index (χ1) is 16.2. The molecule has 0 fully saturated rings. The van der Waals surface area contributed by atoms with Crippen molar-refractivity contribution in [3.63, 3.8) is 0 Å². The Kier molecular flexibility index (Phi) is 8.91. The molecule has 6 nitrogen and oxygen atoms in total. The van der Waals surface area contributed by atoms with Crippen molar-refractivity contribution in [2.45, 2.75) is 13.8 Å². The van der Waals surface area contributed by atoms with Gasteiger partial charge in [-0.1, -0.05) is 58.5 Å². The van der Waals surface area contributed by atoms with Crippen LogP contribution in [0, 0.1) is 0 Å². The number of hydrogen-bond acceptors (Lipinski definition) is 4. The summed E-state index contributed by atoms with van der Waals surface area (Å²) in [5.41, 5.74) is 0.984. The standard InChI is InChI=1S/C24H20Cl4N2O4/c1-3-33-21-15(9-13(25)11-17(21)27)23(31)29-19-7-5-6-8-20(19)30-24(32)16-10-14(26)12-18(28)22(16)34-4-2/h5-12H,3-4H2,1-2H3,(H,29,31)(H,30,32). The van der Waals surface area contributed by atoms with Crippen molar-refractivity contribution in [1.29, 1.82) is 0 Å². The van der Waals surface area contributed by atoms with E-state index in [1.165, 1.54) is 24.3 Å². The van der Waals surface area contributed by atoms with Gasteiger partial charge in [0.1, 0.15) is 0 Å². The maximum absolute atomic E-state index is 13.1. The normalized spacial score (nSPS) is 10.5. The molecule has 3 aromatic rings. The van der Waals surface area contributed by atoms with Crippen molar-refractivity contribution >= 4 is 69.6 Å². The van der Waals surface area contributed by atoms with Crippen LogP contribution in [0.2, 0.25) is 20.1 Å². The number of rotatable bonds is 8. The molecule has 0 heterocycles. The molecule has 0 atom stereocenters. The van der Waals surface area contributed by atoms with E-state index >= 15 is 0 Å². The lowest BCUT2D eigenvalue weighted by molar-refractivity contribution is 0.101. The van der Waals surface area contributed by atoms with Gasteiger partial charge in [0.25, 0.3) is 11.8 Å². The molecule has 0 aromatic heterocycles. The van der Waals surface area contributed by atoms with Crippen LogP contribution in [0.15, 0.2) is 48.5 Å². The molecular formula is C24H20Cl4N2O4. The lowest BCUT2D eigenvalue weighted by Gasteiger charge is -2.16. The smallest absolute Gasteiger partial charge is 0.259 e. The van der Waals surface area contributed by atoms with E-state index in [9.17, 15) is 9.59 Å². The summed E-state index contributed by atoms with van der Waals surface area (Å²) in [6, 6.07) is 12.6. The Morgan fingerprint density at radius 2 is 1.09 bits per heavy atom. The lowest BCUT2D eigenvalue weighted by Crippen LogP contribution is -2.18. The molecule has 0 spiro atoms. The van der Waals surface area contributed by atoms with Crippen LogP contribution in [0.3, 0.4) is 0 Å². The van der Waals surface area contributed by atoms with Gasteiger partial charge in [0.15, 0.2) is 11.5 Å². The first-order valence-corrected chi connectivity index (χ1v) is 11.7. The topological polar surface area (TPSA) is 76.7 Å². The maximum Gasteiger partial charge on any atom is 0.259 e. The molecular weight excluding hydrogens is 522 g/mol. The van der Waals surface area contributed by atoms with E-state index in [0.29, 0.717) is 24.6 Å². The SMILES string of the molecule is CCOc1c(Cl)cc(Cl)cc1C(=O)Nc1ccccc1NC(=O)c1cc(Cl)cc(Cl)c1OCC. The van der Waals surface area contributed by atoms with Gasteiger partial charge in [0.05, 0.1) is 45.8 Å². The number of anilines is 2. The van der Waals surface area contributed by atoms with Gasteiger partial charge in [-0.2, -0.15) is 0 Å². The number of halogens is 4. The predicted molar refractivity (Wildman–Crippen MR) is 138 cm³/mol. The molecule has 3 rings (SSSR count). The van der Waals surface area contributed by atoms with Gasteiger partial charge in [-0.05, 0) is 50.2 Å². The van der Waals surface area contributed by atoms with Crippen LogP contribution in [-0.4, -0.2) is 25.0 Å². The lowest BCUT2D eigenvalue weighted by atomic mass is 10.1. The second-order valence-corrected chi connectivity index (χ2v) is 8.54. The minimum Gasteiger partial charge on any atom is -0.491 e. The molecule has 2 amide bonds. The van der Waals surface area contributed by atoms with Gasteiger partial charge in [-0.15, -0.1) is 0 Å². The second-order valence-electron chi connectivity index (χ2n) is 6.85. The Hall–Kier alpha value is -2.64. The van der Waals surface area contributed by atoms with E-state index in [1.54, 1.807) is 38.1 Å². The average molecular weight is 542 g/mol. The fourth-order valence-electron chi connectivity index (χ4n) is 3.12. The van der Waals surface area contributed by atoms with Crippen molar-refractivity contribution in [2.24, 2.45) is 0 Å². The summed E-state index contributed by atoms with van der Waals surface area (Å²) in [5, 5.41) is 6.51. The predicted octanol–water partition coefficient (Wildman–Crippen LogP) is 7.60. The summed E-state index contributed by atoms with van der Waals surface area (Å²) >= 11 is 24.6. The summed E-state index contributed by atoms with van der Waals surface area (Å²) in [6.07, 6.45) is 0. The molecule has 2 N–H and O–H groups in total. The minimum absolute atomic E-state index is 0.153. The van der Waals surface area contributed by atoms with Crippen molar-refractivity contribution in [3.8, 4) is 11.5 Å². The second kappa shape index (κ2) is 11.7. The Bertz CT molecular complexity index is 1140. The van der Waals surface area contributed by atoms with Crippen molar-refractivity contribution in [1.82, 2.24) is 0 Å². The molecule has 0 saturated heterocycles. The van der Waals surface area contributed by atoms with Crippen LogP contribution in [0.5, 0.6) is 11.5 Å². The van der Waals surface area contributed by atoms with Crippen LogP contribution in [0.25, 0.3) is 0 Å². The van der Waals surface area contributed by atoms with Crippen molar-refractivity contribution < 1.29 is 19.1 Å². The summed E-state index contributed by atoms with van der Waals surface area (Å²) < 4.78 is 11.1. The first kappa shape index (κ1) is 26.0. The Balaban J connectivity index is 1.91. The largest absolute Gasteiger partial charge is 0.491 e. The van der Waals surface area contributed by atoms with Gasteiger partial charge in [-0.3, -0.25) is 9.59 Å². The van der Waals surface area contributed by atoms with Crippen LogP contribution in [0.1, 0.15) is 34.6 Å². The quantitative estimate of drug-likeness (QED) is 0.308. The third kappa shape index (κ3) is 6.07. The third-order valence-corrected chi connectivity index (χ3v) is 5.50. The Morgan fingerprint density at radius 1 is 0.706 bits per heavy atom. The van der Waals surface area contributed by atoms with E-state index < -0.39 is 11.8 Å². The fraction of sp³-hybridized carbons (Fsp3) is 0.167. The molecule has 0 bridgehead atoms. The summed E-state index contributed by atoms with van der Waals surface area (Å²) in [5.74, 6) is -0.615. The third-order valence-electron chi connectivity index (χ3n) is 4.51. The summed E-state index contributed by atoms with van der Waals surface area (Å²) in [6.45, 7) is 4.16. The number of nitrogens with one attached hydrogen (secondary N) is 2. The van der Waals surface area contributed by atoms with E-state index in [4.69, 9.17) is 55.9 Å². The molecule has 178 valence electrons. The monoisotopic (exact) mass is 540 g/mol. The maximum atomic E-state index is 13.1. The molecule has 0 aliphatic rings. The zero-order valence-electron chi connectivity index (χ0n) is 18.2. The summed E-state index contributed by atoms with van der Waals surface area (Å²) in [4.78, 5) is 26.1. The fourth-order valence-corrected chi connectivity index (χ4v) is 4.22. The first-order valence-electron chi connectivity index (χ1n) is 10.2. The highest BCUT2D eigenvalue weighted by Crippen LogP contribution is 2.35. The Morgan fingerprint density at radius 3 is 1.44 bits per heavy atom. The van der Waals surface area contributed by atoms with Gasteiger partial charge in [0.2, 0.25) is 0 Å². The number of para-hydroxylation sites is 2. The molecule has 0 aliphatic heterocycles. The number of benzene rings is 3. The number of amides is 2. The number of ether oxygens (including phenoxy) is 2. The highest BCUT2D eigenvalue weighted by molar-refractivity contribution is 6.37. The average Bonchev–Trinajstić information content (AvgIpc) is 2.78. The highest BCUT2D eigenvalue weighted by atomic mass is 35.5. The highest BCUT2D eigenvalue weighted by Gasteiger charge is 2.21. The van der Waals surface area contributed by atoms with Crippen LogP contribution in [0.4, 0.5) is 11.4 Å². The van der Waals surface area contributed by atoms with E-state index in [2.05, 4.69) is 10.6 Å².